The molecular formula is C8H11ClFNS. The van der Waals surface area contributed by atoms with E-state index in [-0.39, 0.29) is 18.2 Å². The van der Waals surface area contributed by atoms with Crippen molar-refractivity contribution in [2.24, 2.45) is 5.73 Å². The summed E-state index contributed by atoms with van der Waals surface area (Å²) in [6.45, 7) is 0.394. The van der Waals surface area contributed by atoms with Crippen LogP contribution in [0.25, 0.3) is 0 Å². The zero-order chi connectivity index (χ0) is 8.27. The molecule has 0 aliphatic carbocycles. The van der Waals surface area contributed by atoms with Crippen LogP contribution < -0.4 is 5.73 Å². The first-order valence-corrected chi connectivity index (χ1v) is 4.52. The van der Waals surface area contributed by atoms with Crippen LogP contribution in [0.2, 0.25) is 0 Å². The molecule has 0 atom stereocenters. The standard InChI is InChI=1S/C8H10FNS.ClH/c1-11-8-3-6(5-10)2-7(9)4-8;/h2-4H,5,10H2,1H3;1H. The largest absolute Gasteiger partial charge is 0.326 e. The maximum absolute atomic E-state index is 12.7. The molecule has 1 aromatic rings. The third-order valence-corrected chi connectivity index (χ3v) is 2.11. The van der Waals surface area contributed by atoms with Crippen LogP contribution in [-0.4, -0.2) is 6.26 Å². The highest BCUT2D eigenvalue weighted by Gasteiger charge is 1.97. The van der Waals surface area contributed by atoms with E-state index in [1.165, 1.54) is 23.9 Å². The van der Waals surface area contributed by atoms with E-state index in [2.05, 4.69) is 0 Å². The Bertz CT molecular complexity index is 233. The van der Waals surface area contributed by atoms with Gasteiger partial charge >= 0.3 is 0 Å². The van der Waals surface area contributed by atoms with E-state index in [1.54, 1.807) is 0 Å². The summed E-state index contributed by atoms with van der Waals surface area (Å²) in [6.07, 6.45) is 1.91. The van der Waals surface area contributed by atoms with Crippen LogP contribution in [0, 0.1) is 5.82 Å². The van der Waals surface area contributed by atoms with E-state index in [9.17, 15) is 4.39 Å². The molecule has 0 aliphatic rings. The Kier molecular flexibility index (Phi) is 5.29. The molecule has 0 radical (unpaired) electrons. The Hall–Kier alpha value is -0.250. The van der Waals surface area contributed by atoms with E-state index >= 15 is 0 Å². The van der Waals surface area contributed by atoms with Crippen LogP contribution in [0.3, 0.4) is 0 Å². The van der Waals surface area contributed by atoms with Crippen molar-refractivity contribution in [2.75, 3.05) is 6.26 Å². The highest BCUT2D eigenvalue weighted by atomic mass is 35.5. The summed E-state index contributed by atoms with van der Waals surface area (Å²) in [6, 6.07) is 4.86. The van der Waals surface area contributed by atoms with Gasteiger partial charge in [0.2, 0.25) is 0 Å². The molecule has 0 spiro atoms. The van der Waals surface area contributed by atoms with Crippen LogP contribution in [0.1, 0.15) is 5.56 Å². The Labute approximate surface area is 81.9 Å². The van der Waals surface area contributed by atoms with Crippen LogP contribution in [0.5, 0.6) is 0 Å². The minimum atomic E-state index is -0.211. The predicted molar refractivity (Wildman–Crippen MR) is 53.3 cm³/mol. The molecule has 0 aliphatic heterocycles. The summed E-state index contributed by atoms with van der Waals surface area (Å²) in [5.41, 5.74) is 6.21. The minimum absolute atomic E-state index is 0. The number of thioether (sulfide) groups is 1. The van der Waals surface area contributed by atoms with Gasteiger partial charge in [-0.1, -0.05) is 0 Å². The molecular weight excluding hydrogens is 197 g/mol. The first kappa shape index (κ1) is 11.8. The van der Waals surface area contributed by atoms with E-state index in [1.807, 2.05) is 12.3 Å². The molecule has 4 heteroatoms. The van der Waals surface area contributed by atoms with Crippen molar-refractivity contribution in [1.82, 2.24) is 0 Å². The lowest BCUT2D eigenvalue weighted by molar-refractivity contribution is 0.621. The summed E-state index contributed by atoms with van der Waals surface area (Å²) in [7, 11) is 0. The van der Waals surface area contributed by atoms with Gasteiger partial charge in [-0.2, -0.15) is 0 Å². The molecule has 0 heterocycles. The Morgan fingerprint density at radius 3 is 2.58 bits per heavy atom. The molecule has 0 fully saturated rings. The molecule has 12 heavy (non-hydrogen) atoms. The molecule has 2 N–H and O–H groups in total. The van der Waals surface area contributed by atoms with Crippen LogP contribution in [0.4, 0.5) is 4.39 Å². The lowest BCUT2D eigenvalue weighted by atomic mass is 10.2. The maximum Gasteiger partial charge on any atom is 0.124 e. The van der Waals surface area contributed by atoms with Gasteiger partial charge in [-0.05, 0) is 30.0 Å². The highest BCUT2D eigenvalue weighted by Crippen LogP contribution is 2.17. The third kappa shape index (κ3) is 3.01. The van der Waals surface area contributed by atoms with Gasteiger partial charge in [-0.3, -0.25) is 0 Å². The predicted octanol–water partition coefficient (Wildman–Crippen LogP) is 2.43. The SMILES string of the molecule is CSc1cc(F)cc(CN)c1.Cl. The fourth-order valence-corrected chi connectivity index (χ4v) is 1.36. The fourth-order valence-electron chi connectivity index (χ4n) is 0.856. The Morgan fingerprint density at radius 1 is 1.42 bits per heavy atom. The second-order valence-corrected chi connectivity index (χ2v) is 3.08. The van der Waals surface area contributed by atoms with Gasteiger partial charge in [0.25, 0.3) is 0 Å². The zero-order valence-electron chi connectivity index (χ0n) is 6.71. The van der Waals surface area contributed by atoms with Crippen molar-refractivity contribution in [3.05, 3.63) is 29.6 Å². The van der Waals surface area contributed by atoms with Crippen LogP contribution >= 0.6 is 24.2 Å². The van der Waals surface area contributed by atoms with E-state index < -0.39 is 0 Å². The number of benzene rings is 1. The third-order valence-electron chi connectivity index (χ3n) is 1.40. The summed E-state index contributed by atoms with van der Waals surface area (Å²) >= 11 is 1.52. The van der Waals surface area contributed by atoms with Crippen molar-refractivity contribution in [3.63, 3.8) is 0 Å². The van der Waals surface area contributed by atoms with Crippen molar-refractivity contribution in [1.29, 1.82) is 0 Å². The molecule has 0 unspecified atom stereocenters. The maximum atomic E-state index is 12.7. The van der Waals surface area contributed by atoms with Gasteiger partial charge in [0.1, 0.15) is 5.82 Å². The molecule has 1 aromatic carbocycles. The Balaban J connectivity index is 0.00000121. The number of hydrogen-bond acceptors (Lipinski definition) is 2. The average Bonchev–Trinajstić information content (AvgIpc) is 2.03. The number of rotatable bonds is 2. The van der Waals surface area contributed by atoms with Gasteiger partial charge in [0.05, 0.1) is 0 Å². The van der Waals surface area contributed by atoms with Crippen molar-refractivity contribution in [3.8, 4) is 0 Å². The van der Waals surface area contributed by atoms with Gasteiger partial charge < -0.3 is 5.73 Å². The van der Waals surface area contributed by atoms with E-state index in [0.29, 0.717) is 6.54 Å². The first-order valence-electron chi connectivity index (χ1n) is 3.30. The van der Waals surface area contributed by atoms with E-state index in [4.69, 9.17) is 5.73 Å². The Morgan fingerprint density at radius 2 is 2.08 bits per heavy atom. The van der Waals surface area contributed by atoms with Crippen molar-refractivity contribution in [2.45, 2.75) is 11.4 Å². The number of nitrogens with two attached hydrogens (primary N) is 1. The zero-order valence-corrected chi connectivity index (χ0v) is 8.34. The van der Waals surface area contributed by atoms with Crippen LogP contribution in [0.15, 0.2) is 23.1 Å². The van der Waals surface area contributed by atoms with Crippen molar-refractivity contribution >= 4 is 24.2 Å². The normalized spacial score (nSPS) is 9.25. The lowest BCUT2D eigenvalue weighted by Crippen LogP contribution is -1.96. The summed E-state index contributed by atoms with van der Waals surface area (Å²) in [4.78, 5) is 0.922. The molecule has 68 valence electrons. The van der Waals surface area contributed by atoms with Gasteiger partial charge in [0.15, 0.2) is 0 Å². The van der Waals surface area contributed by atoms with Crippen LogP contribution in [-0.2, 0) is 6.54 Å². The number of hydrogen-bond donors (Lipinski definition) is 1. The first-order chi connectivity index (χ1) is 5.26. The number of halogens is 2. The van der Waals surface area contributed by atoms with Gasteiger partial charge in [0, 0.05) is 11.4 Å². The lowest BCUT2D eigenvalue weighted by Gasteiger charge is -2.00. The minimum Gasteiger partial charge on any atom is -0.326 e. The molecule has 0 aromatic heterocycles. The molecule has 1 nitrogen and oxygen atoms in total. The summed E-state index contributed by atoms with van der Waals surface area (Å²) in [5, 5.41) is 0. The highest BCUT2D eigenvalue weighted by molar-refractivity contribution is 7.98. The molecule has 0 bridgehead atoms. The van der Waals surface area contributed by atoms with Gasteiger partial charge in [-0.25, -0.2) is 4.39 Å². The smallest absolute Gasteiger partial charge is 0.124 e. The quantitative estimate of drug-likeness (QED) is 0.754. The molecule has 0 amide bonds. The fraction of sp³-hybridized carbons (Fsp3) is 0.250. The van der Waals surface area contributed by atoms with E-state index in [0.717, 1.165) is 10.5 Å². The van der Waals surface area contributed by atoms with Crippen molar-refractivity contribution < 1.29 is 4.39 Å². The molecule has 1 rings (SSSR count). The topological polar surface area (TPSA) is 26.0 Å². The summed E-state index contributed by atoms with van der Waals surface area (Å²) < 4.78 is 12.7. The average molecular weight is 208 g/mol. The summed E-state index contributed by atoms with van der Waals surface area (Å²) in [5.74, 6) is -0.211. The molecule has 0 saturated carbocycles. The van der Waals surface area contributed by atoms with Gasteiger partial charge in [-0.15, -0.1) is 24.2 Å². The second kappa shape index (κ2) is 5.41. The molecule has 0 saturated heterocycles. The second-order valence-electron chi connectivity index (χ2n) is 2.20. The monoisotopic (exact) mass is 207 g/mol.